The van der Waals surface area contributed by atoms with Crippen molar-refractivity contribution < 1.29 is 9.13 Å². The number of benzene rings is 1. The first kappa shape index (κ1) is 12.5. The van der Waals surface area contributed by atoms with Crippen molar-refractivity contribution in [2.75, 3.05) is 19.8 Å². The molecule has 1 aromatic carbocycles. The first-order valence-electron chi connectivity index (χ1n) is 6.18. The van der Waals surface area contributed by atoms with E-state index in [4.69, 9.17) is 10.5 Å². The fourth-order valence-corrected chi connectivity index (χ4v) is 2.52. The molecule has 0 aliphatic carbocycles. The van der Waals surface area contributed by atoms with Crippen molar-refractivity contribution in [2.45, 2.75) is 26.2 Å². The molecule has 1 aliphatic heterocycles. The van der Waals surface area contributed by atoms with Crippen LogP contribution >= 0.6 is 0 Å². The number of rotatable bonds is 3. The van der Waals surface area contributed by atoms with Crippen molar-refractivity contribution in [1.82, 2.24) is 0 Å². The fraction of sp³-hybridized carbons (Fsp3) is 0.571. The summed E-state index contributed by atoms with van der Waals surface area (Å²) in [5.74, 6) is -0.172. The summed E-state index contributed by atoms with van der Waals surface area (Å²) in [6, 6.07) is 4.96. The Balaban J connectivity index is 2.20. The molecule has 0 spiro atoms. The summed E-state index contributed by atoms with van der Waals surface area (Å²) in [6.07, 6.45) is 2.93. The lowest BCUT2D eigenvalue weighted by atomic mass is 9.76. The zero-order valence-corrected chi connectivity index (χ0v) is 10.3. The molecule has 2 nitrogen and oxygen atoms in total. The monoisotopic (exact) mass is 237 g/mol. The molecule has 2 rings (SSSR count). The first-order chi connectivity index (χ1) is 8.15. The van der Waals surface area contributed by atoms with Crippen LogP contribution in [0.25, 0.3) is 0 Å². The van der Waals surface area contributed by atoms with Gasteiger partial charge in [0.2, 0.25) is 0 Å². The summed E-state index contributed by atoms with van der Waals surface area (Å²) in [5, 5.41) is 0. The van der Waals surface area contributed by atoms with Gasteiger partial charge in [-0.2, -0.15) is 0 Å². The van der Waals surface area contributed by atoms with Gasteiger partial charge in [0.05, 0.1) is 6.61 Å². The standard InChI is InChI=1S/C14H20FNO/c1-11-3-4-13(15)7-12(11)8-14(9-16)5-2-6-17-10-14/h3-4,7H,2,5-6,8-10,16H2,1H3. The smallest absolute Gasteiger partial charge is 0.123 e. The lowest BCUT2D eigenvalue weighted by molar-refractivity contribution is -0.00273. The maximum Gasteiger partial charge on any atom is 0.123 e. The minimum absolute atomic E-state index is 0.00317. The molecule has 94 valence electrons. The van der Waals surface area contributed by atoms with E-state index in [2.05, 4.69) is 0 Å². The topological polar surface area (TPSA) is 35.2 Å². The molecule has 0 aromatic heterocycles. The Morgan fingerprint density at radius 3 is 2.94 bits per heavy atom. The minimum atomic E-state index is -0.172. The highest BCUT2D eigenvalue weighted by molar-refractivity contribution is 5.28. The Kier molecular flexibility index (Phi) is 3.79. The van der Waals surface area contributed by atoms with Crippen molar-refractivity contribution in [3.63, 3.8) is 0 Å². The molecule has 3 heteroatoms. The highest BCUT2D eigenvalue weighted by atomic mass is 19.1. The number of aryl methyl sites for hydroxylation is 1. The van der Waals surface area contributed by atoms with Gasteiger partial charge in [-0.1, -0.05) is 6.07 Å². The highest BCUT2D eigenvalue weighted by Gasteiger charge is 2.32. The van der Waals surface area contributed by atoms with E-state index in [0.717, 1.165) is 37.0 Å². The highest BCUT2D eigenvalue weighted by Crippen LogP contribution is 2.32. The van der Waals surface area contributed by atoms with Gasteiger partial charge >= 0.3 is 0 Å². The summed E-state index contributed by atoms with van der Waals surface area (Å²) in [5.41, 5.74) is 8.08. The summed E-state index contributed by atoms with van der Waals surface area (Å²) >= 11 is 0. The zero-order valence-electron chi connectivity index (χ0n) is 10.3. The van der Waals surface area contributed by atoms with Gasteiger partial charge in [0.25, 0.3) is 0 Å². The third-order valence-corrected chi connectivity index (χ3v) is 3.71. The Morgan fingerprint density at radius 2 is 2.29 bits per heavy atom. The van der Waals surface area contributed by atoms with Crippen molar-refractivity contribution in [2.24, 2.45) is 11.1 Å². The molecule has 1 saturated heterocycles. The van der Waals surface area contributed by atoms with E-state index in [-0.39, 0.29) is 11.2 Å². The van der Waals surface area contributed by atoms with Gasteiger partial charge in [0.1, 0.15) is 5.82 Å². The summed E-state index contributed by atoms with van der Waals surface area (Å²) < 4.78 is 18.8. The van der Waals surface area contributed by atoms with Crippen LogP contribution in [0.15, 0.2) is 18.2 Å². The Morgan fingerprint density at radius 1 is 1.47 bits per heavy atom. The molecule has 0 bridgehead atoms. The van der Waals surface area contributed by atoms with Crippen LogP contribution in [-0.2, 0) is 11.2 Å². The predicted molar refractivity (Wildman–Crippen MR) is 66.4 cm³/mol. The predicted octanol–water partition coefficient (Wildman–Crippen LogP) is 2.43. The maximum atomic E-state index is 13.3. The van der Waals surface area contributed by atoms with Gasteiger partial charge in [-0.15, -0.1) is 0 Å². The van der Waals surface area contributed by atoms with Crippen LogP contribution in [0.1, 0.15) is 24.0 Å². The van der Waals surface area contributed by atoms with E-state index >= 15 is 0 Å². The van der Waals surface area contributed by atoms with Gasteiger partial charge < -0.3 is 10.5 Å². The lowest BCUT2D eigenvalue weighted by Crippen LogP contribution is -2.40. The summed E-state index contributed by atoms with van der Waals surface area (Å²) in [6.45, 7) is 4.13. The molecule has 1 aromatic rings. The first-order valence-corrected chi connectivity index (χ1v) is 6.18. The largest absolute Gasteiger partial charge is 0.381 e. The zero-order chi connectivity index (χ0) is 12.3. The Bertz CT molecular complexity index is 386. The van der Waals surface area contributed by atoms with Gasteiger partial charge in [0.15, 0.2) is 0 Å². The van der Waals surface area contributed by atoms with Crippen LogP contribution in [0.5, 0.6) is 0 Å². The molecule has 0 saturated carbocycles. The van der Waals surface area contributed by atoms with Crippen LogP contribution in [0.4, 0.5) is 4.39 Å². The molecular weight excluding hydrogens is 217 g/mol. The number of hydrogen-bond donors (Lipinski definition) is 1. The number of halogens is 1. The second-order valence-corrected chi connectivity index (χ2v) is 5.11. The fourth-order valence-electron chi connectivity index (χ4n) is 2.52. The van der Waals surface area contributed by atoms with Gasteiger partial charge in [-0.3, -0.25) is 0 Å². The quantitative estimate of drug-likeness (QED) is 0.876. The molecule has 1 atom stereocenters. The third-order valence-electron chi connectivity index (χ3n) is 3.71. The summed E-state index contributed by atoms with van der Waals surface area (Å²) in [7, 11) is 0. The molecule has 17 heavy (non-hydrogen) atoms. The van der Waals surface area contributed by atoms with Crippen molar-refractivity contribution >= 4 is 0 Å². The Labute approximate surface area is 102 Å². The maximum absolute atomic E-state index is 13.3. The molecular formula is C14H20FNO. The van der Waals surface area contributed by atoms with E-state index in [9.17, 15) is 4.39 Å². The third kappa shape index (κ3) is 2.85. The van der Waals surface area contributed by atoms with Crippen LogP contribution < -0.4 is 5.73 Å². The lowest BCUT2D eigenvalue weighted by Gasteiger charge is -2.36. The Hall–Kier alpha value is -0.930. The molecule has 1 unspecified atom stereocenters. The number of hydrogen-bond acceptors (Lipinski definition) is 2. The second kappa shape index (κ2) is 5.15. The SMILES string of the molecule is Cc1ccc(F)cc1CC1(CN)CCCOC1. The average molecular weight is 237 g/mol. The van der Waals surface area contributed by atoms with Crippen molar-refractivity contribution in [1.29, 1.82) is 0 Å². The molecule has 0 radical (unpaired) electrons. The van der Waals surface area contributed by atoms with Crippen molar-refractivity contribution in [3.05, 3.63) is 35.1 Å². The number of nitrogens with two attached hydrogens (primary N) is 1. The summed E-state index contributed by atoms with van der Waals surface area (Å²) in [4.78, 5) is 0. The number of ether oxygens (including phenoxy) is 1. The van der Waals surface area contributed by atoms with Crippen LogP contribution in [-0.4, -0.2) is 19.8 Å². The van der Waals surface area contributed by atoms with E-state index in [1.807, 2.05) is 13.0 Å². The van der Waals surface area contributed by atoms with Gasteiger partial charge in [0, 0.05) is 18.6 Å². The van der Waals surface area contributed by atoms with Crippen LogP contribution in [0.2, 0.25) is 0 Å². The average Bonchev–Trinajstić information content (AvgIpc) is 2.35. The molecule has 1 fully saturated rings. The normalized spacial score (nSPS) is 24.9. The molecule has 2 N–H and O–H groups in total. The van der Waals surface area contributed by atoms with Gasteiger partial charge in [-0.25, -0.2) is 4.39 Å². The molecule has 1 heterocycles. The molecule has 1 aliphatic rings. The van der Waals surface area contributed by atoms with Crippen LogP contribution in [0, 0.1) is 18.2 Å². The minimum Gasteiger partial charge on any atom is -0.381 e. The van der Waals surface area contributed by atoms with E-state index < -0.39 is 0 Å². The molecule has 0 amide bonds. The second-order valence-electron chi connectivity index (χ2n) is 5.11. The van der Waals surface area contributed by atoms with Crippen LogP contribution in [0.3, 0.4) is 0 Å². The van der Waals surface area contributed by atoms with E-state index in [0.29, 0.717) is 13.2 Å². The van der Waals surface area contributed by atoms with Crippen molar-refractivity contribution in [3.8, 4) is 0 Å². The van der Waals surface area contributed by atoms with E-state index in [1.54, 1.807) is 6.07 Å². The van der Waals surface area contributed by atoms with Gasteiger partial charge in [-0.05, 0) is 49.4 Å². The van der Waals surface area contributed by atoms with E-state index in [1.165, 1.54) is 6.07 Å².